The number of hydrogen-bond acceptors (Lipinski definition) is 4. The summed E-state index contributed by atoms with van der Waals surface area (Å²) >= 11 is 0. The van der Waals surface area contributed by atoms with E-state index < -0.39 is 32.4 Å². The molecule has 0 radical (unpaired) electrons. The smallest absolute Gasteiger partial charge is 0.416 e. The van der Waals surface area contributed by atoms with E-state index in [1.807, 2.05) is 30.3 Å². The van der Waals surface area contributed by atoms with Gasteiger partial charge in [0.05, 0.1) is 21.2 Å². The standard InChI is InChI=1S/C24H29F3N2O3S.ClH/c1-23(2,33(31,32)20-10-6-9-19(16-20)24(25,26)27)18-11-13-29(14-12-18)22(30)21(28)15-17-7-4-3-5-8-17;/h3-10,16,18,21H,11-15,28H2,1-2H3;1H/p-1/t21-;/m0./s1. The molecule has 0 spiro atoms. The van der Waals surface area contributed by atoms with Crippen LogP contribution in [0.4, 0.5) is 13.2 Å². The van der Waals surface area contributed by atoms with Gasteiger partial charge in [-0.15, -0.1) is 0 Å². The third-order valence-corrected chi connectivity index (χ3v) is 9.16. The number of likely N-dealkylation sites (tertiary alicyclic amines) is 1. The van der Waals surface area contributed by atoms with Crippen molar-refractivity contribution >= 4 is 15.7 Å². The Morgan fingerprint density at radius 1 is 1.06 bits per heavy atom. The Labute approximate surface area is 204 Å². The first-order valence-corrected chi connectivity index (χ1v) is 12.3. The lowest BCUT2D eigenvalue weighted by Gasteiger charge is -2.40. The summed E-state index contributed by atoms with van der Waals surface area (Å²) in [5, 5.41) is 0. The molecule has 1 fully saturated rings. The predicted molar refractivity (Wildman–Crippen MR) is 120 cm³/mol. The molecule has 2 aromatic rings. The maximum absolute atomic E-state index is 13.3. The van der Waals surface area contributed by atoms with Crippen LogP contribution in [-0.4, -0.2) is 43.1 Å². The minimum atomic E-state index is -4.63. The van der Waals surface area contributed by atoms with Gasteiger partial charge in [0.1, 0.15) is 0 Å². The van der Waals surface area contributed by atoms with E-state index in [0.29, 0.717) is 38.4 Å². The van der Waals surface area contributed by atoms with Gasteiger partial charge in [-0.1, -0.05) is 36.4 Å². The van der Waals surface area contributed by atoms with Crippen LogP contribution in [0, 0.1) is 5.92 Å². The molecule has 1 aliphatic heterocycles. The summed E-state index contributed by atoms with van der Waals surface area (Å²) in [5.74, 6) is -0.498. The number of nitrogens with zero attached hydrogens (tertiary/aromatic N) is 1. The zero-order valence-electron chi connectivity index (χ0n) is 19.1. The van der Waals surface area contributed by atoms with Crippen LogP contribution in [0.15, 0.2) is 59.5 Å². The first-order chi connectivity index (χ1) is 15.3. The molecule has 0 aromatic heterocycles. The average molecular weight is 518 g/mol. The van der Waals surface area contributed by atoms with Gasteiger partial charge >= 0.3 is 6.18 Å². The largest absolute Gasteiger partial charge is 1.00 e. The molecule has 0 bridgehead atoms. The third kappa shape index (κ3) is 5.93. The number of amides is 1. The van der Waals surface area contributed by atoms with Crippen molar-refractivity contribution in [2.75, 3.05) is 13.1 Å². The van der Waals surface area contributed by atoms with Gasteiger partial charge in [0, 0.05) is 13.1 Å². The number of alkyl halides is 3. The highest BCUT2D eigenvalue weighted by atomic mass is 35.5. The maximum atomic E-state index is 13.3. The van der Waals surface area contributed by atoms with Crippen molar-refractivity contribution in [3.8, 4) is 0 Å². The van der Waals surface area contributed by atoms with Crippen molar-refractivity contribution in [1.29, 1.82) is 0 Å². The normalized spacial score (nSPS) is 16.6. The molecule has 188 valence electrons. The highest BCUT2D eigenvalue weighted by Crippen LogP contribution is 2.39. The Kier molecular flexibility index (Phi) is 8.82. The minimum Gasteiger partial charge on any atom is -1.00 e. The molecule has 2 aromatic carbocycles. The summed E-state index contributed by atoms with van der Waals surface area (Å²) in [7, 11) is -4.04. The van der Waals surface area contributed by atoms with Crippen LogP contribution in [0.25, 0.3) is 0 Å². The zero-order valence-corrected chi connectivity index (χ0v) is 20.6. The fourth-order valence-corrected chi connectivity index (χ4v) is 6.17. The number of nitrogens with two attached hydrogens (primary N) is 1. The number of benzene rings is 2. The number of halogens is 4. The lowest BCUT2D eigenvalue weighted by molar-refractivity contribution is -0.137. The van der Waals surface area contributed by atoms with E-state index in [9.17, 15) is 26.4 Å². The number of hydrogen-bond donors (Lipinski definition) is 1. The summed E-state index contributed by atoms with van der Waals surface area (Å²) in [6, 6.07) is 12.6. The Morgan fingerprint density at radius 3 is 2.21 bits per heavy atom. The Balaban J connectivity index is 0.00000408. The highest BCUT2D eigenvalue weighted by Gasteiger charge is 2.45. The molecule has 34 heavy (non-hydrogen) atoms. The van der Waals surface area contributed by atoms with Crippen LogP contribution in [0.5, 0.6) is 0 Å². The van der Waals surface area contributed by atoms with Gasteiger partial charge in [0.2, 0.25) is 5.91 Å². The molecule has 0 aliphatic carbocycles. The van der Waals surface area contributed by atoms with E-state index in [-0.39, 0.29) is 29.1 Å². The van der Waals surface area contributed by atoms with Crippen molar-refractivity contribution in [1.82, 2.24) is 4.90 Å². The van der Waals surface area contributed by atoms with Crippen LogP contribution >= 0.6 is 0 Å². The fourth-order valence-electron chi connectivity index (χ4n) is 4.35. The first-order valence-electron chi connectivity index (χ1n) is 10.8. The van der Waals surface area contributed by atoms with E-state index in [1.54, 1.807) is 18.7 Å². The molecule has 2 N–H and O–H groups in total. The molecule has 0 saturated carbocycles. The highest BCUT2D eigenvalue weighted by molar-refractivity contribution is 7.92. The fraction of sp³-hybridized carbons (Fsp3) is 0.458. The van der Waals surface area contributed by atoms with Gasteiger partial charge in [0.25, 0.3) is 0 Å². The molecule has 1 atom stereocenters. The summed E-state index contributed by atoms with van der Waals surface area (Å²) in [6.45, 7) is 3.80. The van der Waals surface area contributed by atoms with E-state index in [0.717, 1.165) is 17.7 Å². The van der Waals surface area contributed by atoms with Crippen LogP contribution in [0.3, 0.4) is 0 Å². The maximum Gasteiger partial charge on any atom is 0.416 e. The topological polar surface area (TPSA) is 80.5 Å². The molecule has 3 rings (SSSR count). The average Bonchev–Trinajstić information content (AvgIpc) is 2.78. The molecule has 1 aliphatic rings. The van der Waals surface area contributed by atoms with Crippen molar-refractivity contribution in [2.24, 2.45) is 11.7 Å². The van der Waals surface area contributed by atoms with Crippen molar-refractivity contribution in [3.05, 3.63) is 65.7 Å². The van der Waals surface area contributed by atoms with Gasteiger partial charge in [-0.05, 0) is 62.8 Å². The van der Waals surface area contributed by atoms with Crippen molar-refractivity contribution in [2.45, 2.75) is 55.0 Å². The third-order valence-electron chi connectivity index (χ3n) is 6.57. The Bertz CT molecular complexity index is 1080. The molecule has 5 nitrogen and oxygen atoms in total. The van der Waals surface area contributed by atoms with Crippen molar-refractivity contribution < 1.29 is 38.8 Å². The number of sulfone groups is 1. The second-order valence-corrected chi connectivity index (χ2v) is 11.6. The lowest BCUT2D eigenvalue weighted by atomic mass is 9.85. The quantitative estimate of drug-likeness (QED) is 0.621. The first kappa shape index (κ1) is 28.1. The monoisotopic (exact) mass is 517 g/mol. The molecule has 10 heteroatoms. The number of piperidine rings is 1. The summed E-state index contributed by atoms with van der Waals surface area (Å²) in [6.07, 6.45) is -3.36. The molecular formula is C24H29ClF3N2O3S-. The van der Waals surface area contributed by atoms with E-state index >= 15 is 0 Å². The predicted octanol–water partition coefficient (Wildman–Crippen LogP) is 1.07. The molecule has 1 heterocycles. The van der Waals surface area contributed by atoms with E-state index in [4.69, 9.17) is 5.73 Å². The molecule has 1 saturated heterocycles. The summed E-state index contributed by atoms with van der Waals surface area (Å²) in [4.78, 5) is 14.1. The van der Waals surface area contributed by atoms with Gasteiger partial charge in [-0.3, -0.25) is 4.79 Å². The number of rotatable bonds is 6. The Morgan fingerprint density at radius 2 is 1.65 bits per heavy atom. The van der Waals surface area contributed by atoms with Crippen LogP contribution < -0.4 is 18.1 Å². The van der Waals surface area contributed by atoms with E-state index in [2.05, 4.69) is 0 Å². The van der Waals surface area contributed by atoms with Gasteiger partial charge in [-0.25, -0.2) is 8.42 Å². The molecule has 0 unspecified atom stereocenters. The SMILES string of the molecule is CC(C)(C1CCN(C(=O)[C@@H](N)Cc2ccccc2)CC1)S(=O)(=O)c1cccc(C(F)(F)F)c1.[Cl-]. The van der Waals surface area contributed by atoms with Gasteiger partial charge < -0.3 is 23.0 Å². The number of carbonyl (C=O) groups excluding carboxylic acids is 1. The summed E-state index contributed by atoms with van der Waals surface area (Å²) < 4.78 is 64.5. The number of carbonyl (C=O) groups is 1. The molecular weight excluding hydrogens is 489 g/mol. The zero-order chi connectivity index (χ0) is 24.4. The van der Waals surface area contributed by atoms with Crippen molar-refractivity contribution in [3.63, 3.8) is 0 Å². The van der Waals surface area contributed by atoms with Gasteiger partial charge in [-0.2, -0.15) is 13.2 Å². The van der Waals surface area contributed by atoms with E-state index in [1.165, 1.54) is 6.07 Å². The minimum absolute atomic E-state index is 0. The summed E-state index contributed by atoms with van der Waals surface area (Å²) in [5.41, 5.74) is 6.08. The van der Waals surface area contributed by atoms with Crippen LogP contribution in [-0.2, 0) is 27.2 Å². The molecule has 1 amide bonds. The lowest BCUT2D eigenvalue weighted by Crippen LogP contribution is -3.00. The van der Waals surface area contributed by atoms with Crippen LogP contribution in [0.1, 0.15) is 37.8 Å². The Hall–Kier alpha value is -2.10. The second kappa shape index (κ2) is 10.7. The van der Waals surface area contributed by atoms with Crippen LogP contribution in [0.2, 0.25) is 0 Å². The van der Waals surface area contributed by atoms with Gasteiger partial charge in [0.15, 0.2) is 9.84 Å². The second-order valence-electron chi connectivity index (χ2n) is 9.03.